The Morgan fingerprint density at radius 2 is 2.17 bits per heavy atom. The predicted molar refractivity (Wildman–Crippen MR) is 48.8 cm³/mol. The van der Waals surface area contributed by atoms with Crippen molar-refractivity contribution in [2.75, 3.05) is 11.1 Å². The summed E-state index contributed by atoms with van der Waals surface area (Å²) >= 11 is 0. The number of anilines is 2. The van der Waals surface area contributed by atoms with Gasteiger partial charge in [0.15, 0.2) is 0 Å². The van der Waals surface area contributed by atoms with Crippen LogP contribution in [0.1, 0.15) is 5.56 Å². The number of hydrogen-bond acceptors (Lipinski definition) is 2. The second kappa shape index (κ2) is 3.13. The zero-order chi connectivity index (χ0) is 9.14. The number of nitrogens with one attached hydrogen (secondary N) is 1. The number of carbonyl (C=O) groups excluding carboxylic acids is 1. The smallest absolute Gasteiger partial charge is 0.316 e. The van der Waals surface area contributed by atoms with Crippen molar-refractivity contribution >= 4 is 17.4 Å². The molecule has 12 heavy (non-hydrogen) atoms. The molecule has 1 aromatic rings. The summed E-state index contributed by atoms with van der Waals surface area (Å²) in [6.07, 6.45) is 0. The van der Waals surface area contributed by atoms with Crippen molar-refractivity contribution in [3.63, 3.8) is 0 Å². The third-order valence-corrected chi connectivity index (χ3v) is 1.55. The van der Waals surface area contributed by atoms with Crippen LogP contribution in [0.4, 0.5) is 16.2 Å². The predicted octanol–water partition coefficient (Wildman–Crippen LogP) is 1.07. The summed E-state index contributed by atoms with van der Waals surface area (Å²) in [5.41, 5.74) is 12.6. The van der Waals surface area contributed by atoms with E-state index in [9.17, 15) is 4.79 Å². The molecule has 5 N–H and O–H groups in total. The number of nitrogens with two attached hydrogens (primary N) is 2. The maximum absolute atomic E-state index is 10.5. The fourth-order valence-electron chi connectivity index (χ4n) is 0.984. The highest BCUT2D eigenvalue weighted by Crippen LogP contribution is 2.21. The quantitative estimate of drug-likeness (QED) is 0.544. The van der Waals surface area contributed by atoms with Crippen molar-refractivity contribution in [3.8, 4) is 0 Å². The average Bonchev–Trinajstić information content (AvgIpc) is 1.97. The van der Waals surface area contributed by atoms with E-state index in [4.69, 9.17) is 11.5 Å². The fraction of sp³-hybridized carbons (Fsp3) is 0.125. The number of aryl methyl sites for hydroxylation is 1. The van der Waals surface area contributed by atoms with Gasteiger partial charge in [-0.05, 0) is 18.6 Å². The van der Waals surface area contributed by atoms with E-state index < -0.39 is 6.03 Å². The van der Waals surface area contributed by atoms with Gasteiger partial charge in [-0.15, -0.1) is 0 Å². The minimum Gasteiger partial charge on any atom is -0.397 e. The number of urea groups is 1. The van der Waals surface area contributed by atoms with Crippen LogP contribution in [0, 0.1) is 6.92 Å². The summed E-state index contributed by atoms with van der Waals surface area (Å²) in [7, 11) is 0. The molecule has 0 saturated heterocycles. The molecule has 0 aliphatic carbocycles. The zero-order valence-electron chi connectivity index (χ0n) is 6.79. The van der Waals surface area contributed by atoms with Gasteiger partial charge in [0.1, 0.15) is 0 Å². The topological polar surface area (TPSA) is 81.1 Å². The lowest BCUT2D eigenvalue weighted by molar-refractivity contribution is 0.259. The molecular formula is C8H11N3O. The number of nitrogen functional groups attached to an aromatic ring is 1. The molecule has 0 atom stereocenters. The average molecular weight is 165 g/mol. The van der Waals surface area contributed by atoms with Crippen LogP contribution >= 0.6 is 0 Å². The Balaban J connectivity index is 3.04. The number of carbonyl (C=O) groups is 1. The molecule has 2 amide bonds. The molecule has 1 aromatic carbocycles. The van der Waals surface area contributed by atoms with E-state index >= 15 is 0 Å². The Kier molecular flexibility index (Phi) is 2.19. The highest BCUT2D eigenvalue weighted by molar-refractivity contribution is 5.92. The van der Waals surface area contributed by atoms with Gasteiger partial charge in [0.2, 0.25) is 0 Å². The van der Waals surface area contributed by atoms with Crippen LogP contribution in [-0.4, -0.2) is 6.03 Å². The van der Waals surface area contributed by atoms with Crippen molar-refractivity contribution in [1.82, 2.24) is 0 Å². The highest BCUT2D eigenvalue weighted by atomic mass is 16.2. The molecule has 4 nitrogen and oxygen atoms in total. The van der Waals surface area contributed by atoms with Crippen LogP contribution in [0.3, 0.4) is 0 Å². The number of hydrogen-bond donors (Lipinski definition) is 3. The molecule has 0 aliphatic rings. The summed E-state index contributed by atoms with van der Waals surface area (Å²) in [6.45, 7) is 1.85. The Morgan fingerprint density at radius 3 is 2.67 bits per heavy atom. The molecule has 0 heterocycles. The van der Waals surface area contributed by atoms with Gasteiger partial charge in [-0.25, -0.2) is 4.79 Å². The molecular weight excluding hydrogens is 154 g/mol. The van der Waals surface area contributed by atoms with Crippen LogP contribution in [0.2, 0.25) is 0 Å². The first-order valence-electron chi connectivity index (χ1n) is 3.53. The molecule has 64 valence electrons. The molecule has 0 unspecified atom stereocenters. The van der Waals surface area contributed by atoms with E-state index in [-0.39, 0.29) is 0 Å². The van der Waals surface area contributed by atoms with Crippen LogP contribution < -0.4 is 16.8 Å². The van der Waals surface area contributed by atoms with Crippen LogP contribution in [0.15, 0.2) is 18.2 Å². The summed E-state index contributed by atoms with van der Waals surface area (Å²) < 4.78 is 0. The Bertz CT molecular complexity index is 289. The zero-order valence-corrected chi connectivity index (χ0v) is 6.79. The number of rotatable bonds is 1. The summed E-state index contributed by atoms with van der Waals surface area (Å²) in [5, 5.41) is 2.46. The van der Waals surface area contributed by atoms with Gasteiger partial charge in [0.25, 0.3) is 0 Å². The second-order valence-corrected chi connectivity index (χ2v) is 2.53. The molecule has 0 fully saturated rings. The first-order chi connectivity index (χ1) is 5.61. The van der Waals surface area contributed by atoms with Gasteiger partial charge in [-0.2, -0.15) is 0 Å². The van der Waals surface area contributed by atoms with E-state index in [0.717, 1.165) is 5.56 Å². The molecule has 4 heteroatoms. The van der Waals surface area contributed by atoms with Crippen molar-refractivity contribution in [3.05, 3.63) is 23.8 Å². The fourth-order valence-corrected chi connectivity index (χ4v) is 0.984. The number of para-hydroxylation sites is 1. The van der Waals surface area contributed by atoms with Crippen molar-refractivity contribution < 1.29 is 4.79 Å². The summed E-state index contributed by atoms with van der Waals surface area (Å²) in [6, 6.07) is 4.77. The lowest BCUT2D eigenvalue weighted by atomic mass is 10.2. The number of benzene rings is 1. The molecule has 0 aromatic heterocycles. The van der Waals surface area contributed by atoms with E-state index in [1.165, 1.54) is 0 Å². The van der Waals surface area contributed by atoms with E-state index in [0.29, 0.717) is 11.4 Å². The van der Waals surface area contributed by atoms with E-state index in [2.05, 4.69) is 5.32 Å². The maximum Gasteiger partial charge on any atom is 0.316 e. The Morgan fingerprint density at radius 1 is 1.50 bits per heavy atom. The van der Waals surface area contributed by atoms with Crippen molar-refractivity contribution in [2.24, 2.45) is 5.73 Å². The van der Waals surface area contributed by atoms with Gasteiger partial charge < -0.3 is 16.8 Å². The standard InChI is InChI=1S/C8H11N3O/c1-5-3-2-4-6(9)7(5)11-8(10)12/h2-4H,9H2,1H3,(H3,10,11,12). The minimum atomic E-state index is -0.601. The maximum atomic E-state index is 10.5. The van der Waals surface area contributed by atoms with Crippen LogP contribution in [-0.2, 0) is 0 Å². The Hall–Kier alpha value is -1.71. The van der Waals surface area contributed by atoms with E-state index in [1.54, 1.807) is 6.07 Å². The molecule has 0 spiro atoms. The Labute approximate surface area is 70.6 Å². The molecule has 0 radical (unpaired) electrons. The largest absolute Gasteiger partial charge is 0.397 e. The van der Waals surface area contributed by atoms with Gasteiger partial charge in [0.05, 0.1) is 11.4 Å². The lowest BCUT2D eigenvalue weighted by Gasteiger charge is -2.08. The third-order valence-electron chi connectivity index (χ3n) is 1.55. The lowest BCUT2D eigenvalue weighted by Crippen LogP contribution is -2.20. The first kappa shape index (κ1) is 8.39. The summed E-state index contributed by atoms with van der Waals surface area (Å²) in [5.74, 6) is 0. The molecule has 0 bridgehead atoms. The van der Waals surface area contributed by atoms with Gasteiger partial charge in [-0.1, -0.05) is 12.1 Å². The van der Waals surface area contributed by atoms with E-state index in [1.807, 2.05) is 19.1 Å². The minimum absolute atomic E-state index is 0.522. The van der Waals surface area contributed by atoms with Crippen molar-refractivity contribution in [2.45, 2.75) is 6.92 Å². The number of primary amides is 1. The van der Waals surface area contributed by atoms with Crippen LogP contribution in [0.25, 0.3) is 0 Å². The van der Waals surface area contributed by atoms with Crippen molar-refractivity contribution in [1.29, 1.82) is 0 Å². The molecule has 0 saturated carbocycles. The normalized spacial score (nSPS) is 9.42. The highest BCUT2D eigenvalue weighted by Gasteiger charge is 2.03. The van der Waals surface area contributed by atoms with Gasteiger partial charge >= 0.3 is 6.03 Å². The SMILES string of the molecule is Cc1cccc(N)c1NC(N)=O. The third kappa shape index (κ3) is 1.66. The van der Waals surface area contributed by atoms with Gasteiger partial charge in [0, 0.05) is 0 Å². The monoisotopic (exact) mass is 165 g/mol. The molecule has 0 aliphatic heterocycles. The second-order valence-electron chi connectivity index (χ2n) is 2.53. The summed E-state index contributed by atoms with van der Waals surface area (Å²) in [4.78, 5) is 10.5. The van der Waals surface area contributed by atoms with Gasteiger partial charge in [-0.3, -0.25) is 0 Å². The van der Waals surface area contributed by atoms with Crippen LogP contribution in [0.5, 0.6) is 0 Å². The number of amides is 2. The molecule has 1 rings (SSSR count). The first-order valence-corrected chi connectivity index (χ1v) is 3.53.